The third kappa shape index (κ3) is 2.60. The molecule has 1 aliphatic rings. The van der Waals surface area contributed by atoms with Gasteiger partial charge in [0.15, 0.2) is 0 Å². The summed E-state index contributed by atoms with van der Waals surface area (Å²) >= 11 is 0. The normalized spacial score (nSPS) is 20.8. The monoisotopic (exact) mass is 234 g/mol. The van der Waals surface area contributed by atoms with Crippen molar-refractivity contribution in [2.75, 3.05) is 20.2 Å². The molecule has 2 heterocycles. The number of hydrogen-bond donors (Lipinski definition) is 0. The Morgan fingerprint density at radius 2 is 2.35 bits per heavy atom. The van der Waals surface area contributed by atoms with Gasteiger partial charge in [-0.25, -0.2) is 4.98 Å². The molecular formula is C14H22N2O. The Kier molecular flexibility index (Phi) is 4.00. The summed E-state index contributed by atoms with van der Waals surface area (Å²) in [7, 11) is 1.67. The molecule has 1 aromatic rings. The Hall–Kier alpha value is -1.09. The molecule has 3 nitrogen and oxygen atoms in total. The molecule has 3 heteroatoms. The maximum Gasteiger partial charge on any atom is 0.215 e. The zero-order valence-corrected chi connectivity index (χ0v) is 11.1. The lowest BCUT2D eigenvalue weighted by Crippen LogP contribution is -2.24. The number of nitrogens with zero attached hydrogens (tertiary/aromatic N) is 2. The van der Waals surface area contributed by atoms with Gasteiger partial charge in [0.2, 0.25) is 5.88 Å². The summed E-state index contributed by atoms with van der Waals surface area (Å²) in [6, 6.07) is 2.79. The van der Waals surface area contributed by atoms with Crippen molar-refractivity contribution in [2.45, 2.75) is 39.2 Å². The van der Waals surface area contributed by atoms with Crippen LogP contribution in [0.5, 0.6) is 5.88 Å². The van der Waals surface area contributed by atoms with Crippen LogP contribution in [0, 0.1) is 6.92 Å². The Morgan fingerprint density at radius 3 is 3.00 bits per heavy atom. The Bertz CT molecular complexity index is 378. The van der Waals surface area contributed by atoms with E-state index in [-0.39, 0.29) is 0 Å². The first-order chi connectivity index (χ1) is 8.26. The SMILES string of the molecule is CCCN1CCCC1c1cnc(OC)c(C)c1. The number of aromatic nitrogens is 1. The fourth-order valence-corrected chi connectivity index (χ4v) is 2.74. The summed E-state index contributed by atoms with van der Waals surface area (Å²) < 4.78 is 5.21. The molecule has 1 fully saturated rings. The minimum absolute atomic E-state index is 0.562. The predicted octanol–water partition coefficient (Wildman–Crippen LogP) is 2.95. The summed E-state index contributed by atoms with van der Waals surface area (Å²) in [5.74, 6) is 0.744. The van der Waals surface area contributed by atoms with Gasteiger partial charge in [-0.05, 0) is 50.9 Å². The smallest absolute Gasteiger partial charge is 0.215 e. The van der Waals surface area contributed by atoms with E-state index in [2.05, 4.69) is 29.8 Å². The van der Waals surface area contributed by atoms with Crippen LogP contribution in [-0.2, 0) is 0 Å². The minimum atomic E-state index is 0.562. The third-order valence-electron chi connectivity index (χ3n) is 3.50. The maximum absolute atomic E-state index is 5.21. The highest BCUT2D eigenvalue weighted by Crippen LogP contribution is 2.32. The third-order valence-corrected chi connectivity index (χ3v) is 3.50. The van der Waals surface area contributed by atoms with Gasteiger partial charge in [0, 0.05) is 17.8 Å². The number of hydrogen-bond acceptors (Lipinski definition) is 3. The fourth-order valence-electron chi connectivity index (χ4n) is 2.74. The van der Waals surface area contributed by atoms with Crippen LogP contribution in [0.1, 0.15) is 43.4 Å². The molecule has 94 valence electrons. The summed E-state index contributed by atoms with van der Waals surface area (Å²) in [5, 5.41) is 0. The molecule has 0 bridgehead atoms. The highest BCUT2D eigenvalue weighted by atomic mass is 16.5. The van der Waals surface area contributed by atoms with Gasteiger partial charge in [-0.1, -0.05) is 6.92 Å². The molecule has 17 heavy (non-hydrogen) atoms. The van der Waals surface area contributed by atoms with E-state index in [4.69, 9.17) is 4.74 Å². The minimum Gasteiger partial charge on any atom is -0.481 e. The second-order valence-corrected chi connectivity index (χ2v) is 4.79. The van der Waals surface area contributed by atoms with Crippen LogP contribution in [0.4, 0.5) is 0 Å². The largest absolute Gasteiger partial charge is 0.481 e. The van der Waals surface area contributed by atoms with E-state index < -0.39 is 0 Å². The van der Waals surface area contributed by atoms with Crippen molar-refractivity contribution in [3.63, 3.8) is 0 Å². The number of methoxy groups -OCH3 is 1. The van der Waals surface area contributed by atoms with Crippen molar-refractivity contribution in [2.24, 2.45) is 0 Å². The predicted molar refractivity (Wildman–Crippen MR) is 69.4 cm³/mol. The Labute approximate surface area is 104 Å². The van der Waals surface area contributed by atoms with Crippen LogP contribution >= 0.6 is 0 Å². The number of aryl methyl sites for hydroxylation is 1. The molecule has 1 aliphatic heterocycles. The molecule has 1 aromatic heterocycles. The second kappa shape index (κ2) is 5.50. The van der Waals surface area contributed by atoms with E-state index in [1.54, 1.807) is 7.11 Å². The topological polar surface area (TPSA) is 25.4 Å². The zero-order valence-electron chi connectivity index (χ0n) is 11.1. The van der Waals surface area contributed by atoms with Crippen molar-refractivity contribution in [3.8, 4) is 5.88 Å². The van der Waals surface area contributed by atoms with Crippen LogP contribution in [0.3, 0.4) is 0 Å². The Balaban J connectivity index is 2.18. The first kappa shape index (κ1) is 12.4. The first-order valence-corrected chi connectivity index (χ1v) is 6.50. The zero-order chi connectivity index (χ0) is 12.3. The molecule has 0 aliphatic carbocycles. The van der Waals surface area contributed by atoms with E-state index in [9.17, 15) is 0 Å². The lowest BCUT2D eigenvalue weighted by Gasteiger charge is -2.24. The van der Waals surface area contributed by atoms with Crippen molar-refractivity contribution in [1.82, 2.24) is 9.88 Å². The number of rotatable bonds is 4. The second-order valence-electron chi connectivity index (χ2n) is 4.79. The summed E-state index contributed by atoms with van der Waals surface area (Å²) in [6.07, 6.45) is 5.76. The quantitative estimate of drug-likeness (QED) is 0.801. The lowest BCUT2D eigenvalue weighted by atomic mass is 10.0. The molecule has 1 atom stereocenters. The average molecular weight is 234 g/mol. The molecule has 1 saturated heterocycles. The van der Waals surface area contributed by atoms with Gasteiger partial charge in [0.05, 0.1) is 7.11 Å². The molecule has 1 unspecified atom stereocenters. The van der Waals surface area contributed by atoms with E-state index in [0.29, 0.717) is 6.04 Å². The highest BCUT2D eigenvalue weighted by Gasteiger charge is 2.25. The first-order valence-electron chi connectivity index (χ1n) is 6.50. The summed E-state index contributed by atoms with van der Waals surface area (Å²) in [5.41, 5.74) is 2.47. The van der Waals surface area contributed by atoms with Crippen molar-refractivity contribution < 1.29 is 4.74 Å². The van der Waals surface area contributed by atoms with Gasteiger partial charge in [-0.2, -0.15) is 0 Å². The Morgan fingerprint density at radius 1 is 1.53 bits per heavy atom. The molecule has 0 N–H and O–H groups in total. The molecule has 0 aromatic carbocycles. The van der Waals surface area contributed by atoms with Crippen LogP contribution < -0.4 is 4.74 Å². The molecule has 0 spiro atoms. The van der Waals surface area contributed by atoms with Gasteiger partial charge in [-0.15, -0.1) is 0 Å². The van der Waals surface area contributed by atoms with Gasteiger partial charge in [0.25, 0.3) is 0 Å². The van der Waals surface area contributed by atoms with E-state index >= 15 is 0 Å². The molecule has 0 radical (unpaired) electrons. The van der Waals surface area contributed by atoms with Crippen LogP contribution in [0.2, 0.25) is 0 Å². The number of ether oxygens (including phenoxy) is 1. The highest BCUT2D eigenvalue weighted by molar-refractivity contribution is 5.30. The van der Waals surface area contributed by atoms with Crippen LogP contribution in [0.25, 0.3) is 0 Å². The van der Waals surface area contributed by atoms with Crippen molar-refractivity contribution >= 4 is 0 Å². The fraction of sp³-hybridized carbons (Fsp3) is 0.643. The molecular weight excluding hydrogens is 212 g/mol. The summed E-state index contributed by atoms with van der Waals surface area (Å²) in [6.45, 7) is 6.72. The van der Waals surface area contributed by atoms with Gasteiger partial charge < -0.3 is 4.74 Å². The summed E-state index contributed by atoms with van der Waals surface area (Å²) in [4.78, 5) is 6.96. The van der Waals surface area contributed by atoms with Crippen molar-refractivity contribution in [1.29, 1.82) is 0 Å². The maximum atomic E-state index is 5.21. The number of pyridine rings is 1. The molecule has 2 rings (SSSR count). The molecule has 0 saturated carbocycles. The average Bonchev–Trinajstić information content (AvgIpc) is 2.78. The van der Waals surface area contributed by atoms with E-state index in [0.717, 1.165) is 11.4 Å². The van der Waals surface area contributed by atoms with E-state index in [1.165, 1.54) is 37.9 Å². The molecule has 0 amide bonds. The van der Waals surface area contributed by atoms with Gasteiger partial charge >= 0.3 is 0 Å². The van der Waals surface area contributed by atoms with Gasteiger partial charge in [-0.3, -0.25) is 4.90 Å². The van der Waals surface area contributed by atoms with Crippen molar-refractivity contribution in [3.05, 3.63) is 23.4 Å². The standard InChI is InChI=1S/C14H22N2O/c1-4-7-16-8-5-6-13(16)12-9-11(2)14(17-3)15-10-12/h9-10,13H,4-8H2,1-3H3. The lowest BCUT2D eigenvalue weighted by molar-refractivity contribution is 0.257. The number of likely N-dealkylation sites (tertiary alicyclic amines) is 1. The van der Waals surface area contributed by atoms with E-state index in [1.807, 2.05) is 6.20 Å². The van der Waals surface area contributed by atoms with Crippen LogP contribution in [0.15, 0.2) is 12.3 Å². The van der Waals surface area contributed by atoms with Crippen LogP contribution in [-0.4, -0.2) is 30.1 Å². The van der Waals surface area contributed by atoms with Gasteiger partial charge in [0.1, 0.15) is 0 Å².